The van der Waals surface area contributed by atoms with Crippen LogP contribution in [0.15, 0.2) is 18.2 Å². The summed E-state index contributed by atoms with van der Waals surface area (Å²) in [5.41, 5.74) is 5.96. The van der Waals surface area contributed by atoms with E-state index in [0.29, 0.717) is 18.8 Å². The molecule has 15 heavy (non-hydrogen) atoms. The number of nitrogens with two attached hydrogens (primary N) is 1. The maximum Gasteiger partial charge on any atom is 0.586 e. The normalized spacial score (nSPS) is 16.5. The summed E-state index contributed by atoms with van der Waals surface area (Å²) in [5, 5.41) is 2.95. The molecule has 0 unspecified atom stereocenters. The van der Waals surface area contributed by atoms with Gasteiger partial charge in [0.1, 0.15) is 0 Å². The highest BCUT2D eigenvalue weighted by molar-refractivity contribution is 5.55. The van der Waals surface area contributed by atoms with Crippen LogP contribution in [-0.4, -0.2) is 19.4 Å². The summed E-state index contributed by atoms with van der Waals surface area (Å²) in [6, 6.07) is 4.50. The molecule has 4 nitrogen and oxygen atoms in total. The number of ether oxygens (including phenoxy) is 2. The predicted molar refractivity (Wildman–Crippen MR) is 50.2 cm³/mol. The second kappa shape index (κ2) is 3.54. The van der Waals surface area contributed by atoms with E-state index in [-0.39, 0.29) is 11.5 Å². The van der Waals surface area contributed by atoms with E-state index in [1.165, 1.54) is 12.1 Å². The monoisotopic (exact) mass is 216 g/mol. The Morgan fingerprint density at radius 2 is 2.00 bits per heavy atom. The molecule has 0 amide bonds. The molecule has 1 aromatic carbocycles. The first-order chi connectivity index (χ1) is 7.11. The first-order valence-electron chi connectivity index (χ1n) is 4.44. The first kappa shape index (κ1) is 9.97. The molecule has 0 radical (unpaired) electrons. The molecular formula is C9H10F2N2O2. The summed E-state index contributed by atoms with van der Waals surface area (Å²) in [7, 11) is 0. The van der Waals surface area contributed by atoms with E-state index in [0.717, 1.165) is 0 Å². The van der Waals surface area contributed by atoms with Crippen LogP contribution in [0.1, 0.15) is 0 Å². The Bertz CT molecular complexity index is 371. The van der Waals surface area contributed by atoms with E-state index in [9.17, 15) is 8.78 Å². The molecule has 3 N–H and O–H groups in total. The van der Waals surface area contributed by atoms with Gasteiger partial charge in [0.25, 0.3) is 0 Å². The number of nitrogens with one attached hydrogen (secondary N) is 1. The molecule has 0 saturated carbocycles. The molecule has 1 aliphatic heterocycles. The zero-order valence-electron chi connectivity index (χ0n) is 7.80. The van der Waals surface area contributed by atoms with Crippen LogP contribution >= 0.6 is 0 Å². The van der Waals surface area contributed by atoms with Gasteiger partial charge in [-0.05, 0) is 12.1 Å². The minimum absolute atomic E-state index is 0.0296. The molecular weight excluding hydrogens is 206 g/mol. The maximum absolute atomic E-state index is 12.6. The number of fused-ring (bicyclic) bond motifs is 1. The van der Waals surface area contributed by atoms with E-state index in [2.05, 4.69) is 14.8 Å². The summed E-state index contributed by atoms with van der Waals surface area (Å²) in [6.45, 7) is 1.03. The summed E-state index contributed by atoms with van der Waals surface area (Å²) in [4.78, 5) is 0. The number of rotatable bonds is 3. The number of alkyl halides is 2. The molecule has 1 aliphatic rings. The van der Waals surface area contributed by atoms with Crippen molar-refractivity contribution in [1.29, 1.82) is 0 Å². The van der Waals surface area contributed by atoms with E-state index >= 15 is 0 Å². The maximum atomic E-state index is 12.6. The van der Waals surface area contributed by atoms with Crippen molar-refractivity contribution in [2.24, 2.45) is 5.73 Å². The highest BCUT2D eigenvalue weighted by Gasteiger charge is 2.43. The van der Waals surface area contributed by atoms with Gasteiger partial charge in [0, 0.05) is 24.8 Å². The van der Waals surface area contributed by atoms with Crippen LogP contribution in [0.3, 0.4) is 0 Å². The first-order valence-corrected chi connectivity index (χ1v) is 4.44. The quantitative estimate of drug-likeness (QED) is 0.801. The van der Waals surface area contributed by atoms with Crippen LogP contribution in [0.2, 0.25) is 0 Å². The zero-order valence-corrected chi connectivity index (χ0v) is 7.80. The molecule has 0 aliphatic carbocycles. The van der Waals surface area contributed by atoms with Gasteiger partial charge in [-0.3, -0.25) is 0 Å². The third-order valence-electron chi connectivity index (χ3n) is 1.87. The van der Waals surface area contributed by atoms with Crippen molar-refractivity contribution in [3.8, 4) is 11.5 Å². The Balaban J connectivity index is 2.15. The topological polar surface area (TPSA) is 56.5 Å². The molecule has 0 saturated heterocycles. The second-order valence-corrected chi connectivity index (χ2v) is 3.04. The van der Waals surface area contributed by atoms with Crippen molar-refractivity contribution in [2.45, 2.75) is 6.29 Å². The van der Waals surface area contributed by atoms with E-state index in [1.54, 1.807) is 6.07 Å². The van der Waals surface area contributed by atoms with Crippen LogP contribution in [-0.2, 0) is 0 Å². The van der Waals surface area contributed by atoms with E-state index in [4.69, 9.17) is 5.73 Å². The lowest BCUT2D eigenvalue weighted by Gasteiger charge is -2.05. The molecule has 0 bridgehead atoms. The van der Waals surface area contributed by atoms with Gasteiger partial charge < -0.3 is 20.5 Å². The lowest BCUT2D eigenvalue weighted by atomic mass is 10.3. The van der Waals surface area contributed by atoms with Crippen LogP contribution in [0.4, 0.5) is 14.5 Å². The lowest BCUT2D eigenvalue weighted by Crippen LogP contribution is -2.25. The van der Waals surface area contributed by atoms with Gasteiger partial charge in [0.15, 0.2) is 11.5 Å². The fraction of sp³-hybridized carbons (Fsp3) is 0.333. The zero-order chi connectivity index (χ0) is 10.9. The third kappa shape index (κ3) is 2.10. The Morgan fingerprint density at radius 3 is 2.73 bits per heavy atom. The van der Waals surface area contributed by atoms with Gasteiger partial charge in [-0.2, -0.15) is 0 Å². The van der Waals surface area contributed by atoms with Crippen molar-refractivity contribution in [1.82, 2.24) is 0 Å². The highest BCUT2D eigenvalue weighted by Crippen LogP contribution is 2.42. The smallest absolute Gasteiger partial charge is 0.395 e. The number of halogens is 2. The van der Waals surface area contributed by atoms with E-state index < -0.39 is 6.29 Å². The second-order valence-electron chi connectivity index (χ2n) is 3.04. The molecule has 0 fully saturated rings. The molecule has 6 heteroatoms. The fourth-order valence-electron chi connectivity index (χ4n) is 1.28. The Kier molecular flexibility index (Phi) is 2.36. The van der Waals surface area contributed by atoms with Gasteiger partial charge >= 0.3 is 6.29 Å². The van der Waals surface area contributed by atoms with Crippen LogP contribution < -0.4 is 20.5 Å². The summed E-state index contributed by atoms with van der Waals surface area (Å²) in [5.74, 6) is 0.0697. The molecule has 1 aromatic rings. The molecule has 1 heterocycles. The van der Waals surface area contributed by atoms with Gasteiger partial charge in [0.05, 0.1) is 0 Å². The number of hydrogen-bond donors (Lipinski definition) is 2. The van der Waals surface area contributed by atoms with Crippen molar-refractivity contribution in [3.05, 3.63) is 18.2 Å². The van der Waals surface area contributed by atoms with Gasteiger partial charge in [-0.25, -0.2) is 0 Å². The lowest BCUT2D eigenvalue weighted by molar-refractivity contribution is -0.286. The molecule has 0 aromatic heterocycles. The molecule has 82 valence electrons. The predicted octanol–water partition coefficient (Wildman–Crippen LogP) is 1.38. The van der Waals surface area contributed by atoms with Crippen LogP contribution in [0.5, 0.6) is 11.5 Å². The SMILES string of the molecule is NCCNc1ccc2c(c1)OC(F)(F)O2. The third-order valence-corrected chi connectivity index (χ3v) is 1.87. The standard InChI is InChI=1S/C9H10F2N2O2/c10-9(11)14-7-2-1-6(13-4-3-12)5-8(7)15-9/h1-2,5,13H,3-4,12H2. The summed E-state index contributed by atoms with van der Waals surface area (Å²) >= 11 is 0. The molecule has 0 atom stereocenters. The summed E-state index contributed by atoms with van der Waals surface area (Å²) < 4.78 is 33.8. The Hall–Kier alpha value is -1.56. The minimum atomic E-state index is -3.56. The van der Waals surface area contributed by atoms with Crippen molar-refractivity contribution < 1.29 is 18.3 Å². The Morgan fingerprint density at radius 1 is 1.27 bits per heavy atom. The van der Waals surface area contributed by atoms with Crippen LogP contribution in [0, 0.1) is 0 Å². The van der Waals surface area contributed by atoms with Crippen molar-refractivity contribution in [3.63, 3.8) is 0 Å². The Labute approximate surface area is 85.0 Å². The minimum Gasteiger partial charge on any atom is -0.395 e. The molecule has 0 spiro atoms. The van der Waals surface area contributed by atoms with Gasteiger partial charge in [0.2, 0.25) is 0 Å². The van der Waals surface area contributed by atoms with Gasteiger partial charge in [-0.15, -0.1) is 8.78 Å². The largest absolute Gasteiger partial charge is 0.586 e. The van der Waals surface area contributed by atoms with Gasteiger partial charge in [-0.1, -0.05) is 0 Å². The van der Waals surface area contributed by atoms with Crippen LogP contribution in [0.25, 0.3) is 0 Å². The average Bonchev–Trinajstić information content (AvgIpc) is 2.47. The number of anilines is 1. The van der Waals surface area contributed by atoms with E-state index in [1.807, 2.05) is 0 Å². The highest BCUT2D eigenvalue weighted by atomic mass is 19.3. The summed E-state index contributed by atoms with van der Waals surface area (Å²) in [6.07, 6.45) is -3.56. The number of benzene rings is 1. The number of hydrogen-bond acceptors (Lipinski definition) is 4. The molecule has 2 rings (SSSR count). The van der Waals surface area contributed by atoms with Crippen molar-refractivity contribution in [2.75, 3.05) is 18.4 Å². The average molecular weight is 216 g/mol. The van der Waals surface area contributed by atoms with Crippen molar-refractivity contribution >= 4 is 5.69 Å². The fourth-order valence-corrected chi connectivity index (χ4v) is 1.28.